The Morgan fingerprint density at radius 2 is 2.13 bits per heavy atom. The van der Waals surface area contributed by atoms with Gasteiger partial charge in [0, 0.05) is 25.5 Å². The van der Waals surface area contributed by atoms with Gasteiger partial charge in [-0.25, -0.2) is 4.98 Å². The van der Waals surface area contributed by atoms with Gasteiger partial charge in [0.15, 0.2) is 0 Å². The van der Waals surface area contributed by atoms with Gasteiger partial charge in [-0.1, -0.05) is 0 Å². The van der Waals surface area contributed by atoms with Gasteiger partial charge >= 0.3 is 0 Å². The fourth-order valence-electron chi connectivity index (χ4n) is 2.92. The molecule has 1 spiro atoms. The van der Waals surface area contributed by atoms with Crippen LogP contribution in [0.4, 0.5) is 0 Å². The van der Waals surface area contributed by atoms with Crippen molar-refractivity contribution in [3.63, 3.8) is 0 Å². The van der Waals surface area contributed by atoms with Crippen molar-refractivity contribution >= 4 is 0 Å². The summed E-state index contributed by atoms with van der Waals surface area (Å²) < 4.78 is 2.24. The molecule has 0 amide bonds. The average Bonchev–Trinajstić information content (AvgIpc) is 2.76. The molecule has 82 valence electrons. The molecule has 0 unspecified atom stereocenters. The molecule has 2 fully saturated rings. The summed E-state index contributed by atoms with van der Waals surface area (Å²) in [7, 11) is 4.37. The predicted octanol–water partition coefficient (Wildman–Crippen LogP) is 1.89. The van der Waals surface area contributed by atoms with Gasteiger partial charge in [0.05, 0.1) is 6.04 Å². The topological polar surface area (TPSA) is 21.1 Å². The Hall–Kier alpha value is -0.830. The lowest BCUT2D eigenvalue weighted by Gasteiger charge is -2.18. The molecule has 0 N–H and O–H groups in total. The molecular weight excluding hydrogens is 186 g/mol. The molecule has 1 aliphatic heterocycles. The van der Waals surface area contributed by atoms with E-state index in [1.807, 2.05) is 6.20 Å². The van der Waals surface area contributed by atoms with Crippen molar-refractivity contribution in [3.8, 4) is 0 Å². The highest BCUT2D eigenvalue weighted by Gasteiger charge is 2.51. The van der Waals surface area contributed by atoms with Crippen LogP contribution in [0.3, 0.4) is 0 Å². The van der Waals surface area contributed by atoms with Crippen molar-refractivity contribution in [2.75, 3.05) is 13.6 Å². The van der Waals surface area contributed by atoms with Gasteiger partial charge in [-0.15, -0.1) is 0 Å². The molecule has 1 aliphatic carbocycles. The van der Waals surface area contributed by atoms with Crippen LogP contribution in [0.1, 0.15) is 36.8 Å². The summed E-state index contributed by atoms with van der Waals surface area (Å²) in [6, 6.07) is 0.547. The number of aromatic nitrogens is 2. The molecule has 1 aromatic rings. The number of likely N-dealkylation sites (tertiary alicyclic amines) is 1. The third-order valence-corrected chi connectivity index (χ3v) is 4.25. The minimum absolute atomic E-state index is 0.547. The molecular formula is C12H19N3. The smallest absolute Gasteiger partial charge is 0.126 e. The lowest BCUT2D eigenvalue weighted by Crippen LogP contribution is -2.21. The summed E-state index contributed by atoms with van der Waals surface area (Å²) in [6.07, 6.45) is 6.16. The van der Waals surface area contributed by atoms with Crippen LogP contribution in [0.15, 0.2) is 6.20 Å². The Bertz CT molecular complexity index is 390. The fraction of sp³-hybridized carbons (Fsp3) is 0.750. The SMILES string of the molecule is Cc1cnc([C@@H]2CC3(CC3)CN2C)n1C. The van der Waals surface area contributed by atoms with Gasteiger partial charge in [0.25, 0.3) is 0 Å². The predicted molar refractivity (Wildman–Crippen MR) is 59.6 cm³/mol. The van der Waals surface area contributed by atoms with Gasteiger partial charge in [0.1, 0.15) is 5.82 Å². The van der Waals surface area contributed by atoms with E-state index in [1.54, 1.807) is 0 Å². The first kappa shape index (κ1) is 9.40. The van der Waals surface area contributed by atoms with E-state index in [9.17, 15) is 0 Å². The summed E-state index contributed by atoms with van der Waals surface area (Å²) in [5, 5.41) is 0. The van der Waals surface area contributed by atoms with Crippen LogP contribution in [0, 0.1) is 12.3 Å². The quantitative estimate of drug-likeness (QED) is 0.698. The third kappa shape index (κ3) is 1.33. The van der Waals surface area contributed by atoms with Crippen molar-refractivity contribution in [1.82, 2.24) is 14.5 Å². The van der Waals surface area contributed by atoms with Crippen LogP contribution in [0.25, 0.3) is 0 Å². The van der Waals surface area contributed by atoms with E-state index in [0.717, 1.165) is 0 Å². The minimum atomic E-state index is 0.547. The molecule has 3 rings (SSSR count). The van der Waals surface area contributed by atoms with Crippen molar-refractivity contribution in [3.05, 3.63) is 17.7 Å². The van der Waals surface area contributed by atoms with Crippen LogP contribution in [0.2, 0.25) is 0 Å². The monoisotopic (exact) mass is 205 g/mol. The molecule has 1 saturated heterocycles. The van der Waals surface area contributed by atoms with Crippen molar-refractivity contribution in [1.29, 1.82) is 0 Å². The van der Waals surface area contributed by atoms with Crippen LogP contribution in [-0.4, -0.2) is 28.0 Å². The molecule has 1 atom stereocenters. The van der Waals surface area contributed by atoms with Crippen LogP contribution in [0.5, 0.6) is 0 Å². The Labute approximate surface area is 91.1 Å². The second kappa shape index (κ2) is 2.85. The highest BCUT2D eigenvalue weighted by atomic mass is 15.2. The number of imidazole rings is 1. The van der Waals surface area contributed by atoms with Crippen LogP contribution < -0.4 is 0 Å². The van der Waals surface area contributed by atoms with E-state index >= 15 is 0 Å². The highest BCUT2D eigenvalue weighted by molar-refractivity contribution is 5.13. The number of hydrogen-bond donors (Lipinski definition) is 0. The van der Waals surface area contributed by atoms with Crippen molar-refractivity contribution in [2.24, 2.45) is 12.5 Å². The molecule has 0 radical (unpaired) electrons. The van der Waals surface area contributed by atoms with E-state index in [-0.39, 0.29) is 0 Å². The molecule has 2 aliphatic rings. The molecule has 2 heterocycles. The van der Waals surface area contributed by atoms with E-state index in [2.05, 4.69) is 35.5 Å². The Morgan fingerprint density at radius 1 is 1.40 bits per heavy atom. The summed E-state index contributed by atoms with van der Waals surface area (Å²) in [5.41, 5.74) is 1.93. The van der Waals surface area contributed by atoms with Gasteiger partial charge in [-0.2, -0.15) is 0 Å². The van der Waals surface area contributed by atoms with Crippen LogP contribution >= 0.6 is 0 Å². The first-order valence-corrected chi connectivity index (χ1v) is 5.80. The second-order valence-corrected chi connectivity index (χ2v) is 5.45. The maximum atomic E-state index is 4.56. The zero-order valence-electron chi connectivity index (χ0n) is 9.82. The molecule has 3 heteroatoms. The van der Waals surface area contributed by atoms with Gasteiger partial charge in [-0.3, -0.25) is 4.90 Å². The molecule has 0 bridgehead atoms. The van der Waals surface area contributed by atoms with E-state index in [4.69, 9.17) is 0 Å². The number of aryl methyl sites for hydroxylation is 1. The maximum absolute atomic E-state index is 4.56. The highest BCUT2D eigenvalue weighted by Crippen LogP contribution is 2.57. The first-order chi connectivity index (χ1) is 7.11. The molecule has 0 aromatic carbocycles. The van der Waals surface area contributed by atoms with Gasteiger partial charge in [0.2, 0.25) is 0 Å². The summed E-state index contributed by atoms with van der Waals surface area (Å²) in [5.74, 6) is 1.25. The molecule has 3 nitrogen and oxygen atoms in total. The molecule has 1 saturated carbocycles. The lowest BCUT2D eigenvalue weighted by molar-refractivity contribution is 0.297. The largest absolute Gasteiger partial charge is 0.334 e. The maximum Gasteiger partial charge on any atom is 0.126 e. The second-order valence-electron chi connectivity index (χ2n) is 5.45. The Kier molecular flexibility index (Phi) is 1.78. The van der Waals surface area contributed by atoms with E-state index < -0.39 is 0 Å². The minimum Gasteiger partial charge on any atom is -0.334 e. The normalized spacial score (nSPS) is 28.9. The molecule has 15 heavy (non-hydrogen) atoms. The Balaban J connectivity index is 1.91. The van der Waals surface area contributed by atoms with Gasteiger partial charge in [-0.05, 0) is 38.6 Å². The summed E-state index contributed by atoms with van der Waals surface area (Å²) in [6.45, 7) is 3.39. The van der Waals surface area contributed by atoms with Crippen LogP contribution in [-0.2, 0) is 7.05 Å². The zero-order chi connectivity index (χ0) is 10.6. The zero-order valence-corrected chi connectivity index (χ0v) is 9.82. The number of rotatable bonds is 1. The first-order valence-electron chi connectivity index (χ1n) is 5.80. The molecule has 1 aromatic heterocycles. The average molecular weight is 205 g/mol. The van der Waals surface area contributed by atoms with Gasteiger partial charge < -0.3 is 4.57 Å². The summed E-state index contributed by atoms with van der Waals surface area (Å²) in [4.78, 5) is 7.04. The standard InChI is InChI=1S/C12H19N3/c1-9-7-13-11(15(9)3)10-6-12(4-5-12)8-14(10)2/h7,10H,4-6,8H2,1-3H3/t10-/m0/s1. The van der Waals surface area contributed by atoms with Crippen molar-refractivity contribution < 1.29 is 0 Å². The fourth-order valence-corrected chi connectivity index (χ4v) is 2.92. The van der Waals surface area contributed by atoms with E-state index in [0.29, 0.717) is 11.5 Å². The number of hydrogen-bond acceptors (Lipinski definition) is 2. The summed E-state index contributed by atoms with van der Waals surface area (Å²) >= 11 is 0. The Morgan fingerprint density at radius 3 is 2.60 bits per heavy atom. The van der Waals surface area contributed by atoms with E-state index in [1.165, 1.54) is 37.3 Å². The number of nitrogens with zero attached hydrogens (tertiary/aromatic N) is 3. The lowest BCUT2D eigenvalue weighted by atomic mass is 10.0. The van der Waals surface area contributed by atoms with Crippen molar-refractivity contribution in [2.45, 2.75) is 32.2 Å². The third-order valence-electron chi connectivity index (χ3n) is 4.25.